The van der Waals surface area contributed by atoms with E-state index >= 15 is 0 Å². The zero-order valence-electron chi connectivity index (χ0n) is 13.1. The van der Waals surface area contributed by atoms with Crippen LogP contribution in [0.1, 0.15) is 51.4 Å². The van der Waals surface area contributed by atoms with Crippen LogP contribution in [0.2, 0.25) is 0 Å². The standard InChI is InChI=1S/C16H27NO5/c18-14(6-10-21-11-13-5-4-9-22-13)17-12-16(15(19)20)7-2-1-3-8-16/h13H,1-12H2,(H,17,18)(H,19,20). The van der Waals surface area contributed by atoms with Crippen LogP contribution in [0, 0.1) is 5.41 Å². The first-order chi connectivity index (χ1) is 10.6. The maximum Gasteiger partial charge on any atom is 0.311 e. The third-order valence-electron chi connectivity index (χ3n) is 4.69. The van der Waals surface area contributed by atoms with E-state index in [1.807, 2.05) is 0 Å². The van der Waals surface area contributed by atoms with Crippen molar-refractivity contribution in [3.8, 4) is 0 Å². The Bertz CT molecular complexity index is 373. The van der Waals surface area contributed by atoms with Crippen molar-refractivity contribution >= 4 is 11.9 Å². The van der Waals surface area contributed by atoms with Crippen LogP contribution in [0.5, 0.6) is 0 Å². The Morgan fingerprint density at radius 3 is 2.64 bits per heavy atom. The molecule has 2 N–H and O–H groups in total. The molecule has 1 aliphatic carbocycles. The number of hydrogen-bond acceptors (Lipinski definition) is 4. The highest BCUT2D eigenvalue weighted by molar-refractivity contribution is 5.79. The second-order valence-electron chi connectivity index (χ2n) is 6.38. The number of rotatable bonds is 8. The highest BCUT2D eigenvalue weighted by atomic mass is 16.5. The Kier molecular flexibility index (Phi) is 6.64. The molecule has 2 rings (SSSR count). The van der Waals surface area contributed by atoms with Crippen LogP contribution in [0.4, 0.5) is 0 Å². The molecule has 6 heteroatoms. The van der Waals surface area contributed by atoms with E-state index in [0.717, 1.165) is 38.7 Å². The largest absolute Gasteiger partial charge is 0.481 e. The van der Waals surface area contributed by atoms with Crippen LogP contribution < -0.4 is 5.32 Å². The van der Waals surface area contributed by atoms with Crippen LogP contribution in [0.15, 0.2) is 0 Å². The van der Waals surface area contributed by atoms with Crippen molar-refractivity contribution in [2.45, 2.75) is 57.5 Å². The maximum absolute atomic E-state index is 11.8. The van der Waals surface area contributed by atoms with Crippen molar-refractivity contribution in [3.63, 3.8) is 0 Å². The highest BCUT2D eigenvalue weighted by Crippen LogP contribution is 2.35. The molecule has 22 heavy (non-hydrogen) atoms. The molecule has 0 bridgehead atoms. The third-order valence-corrected chi connectivity index (χ3v) is 4.69. The zero-order valence-corrected chi connectivity index (χ0v) is 13.1. The molecule has 2 aliphatic rings. The van der Waals surface area contributed by atoms with Crippen LogP contribution in [0.3, 0.4) is 0 Å². The number of aliphatic carboxylic acids is 1. The Morgan fingerprint density at radius 1 is 1.23 bits per heavy atom. The molecule has 126 valence electrons. The second-order valence-corrected chi connectivity index (χ2v) is 6.38. The first-order valence-corrected chi connectivity index (χ1v) is 8.32. The number of nitrogens with one attached hydrogen (secondary N) is 1. The van der Waals surface area contributed by atoms with E-state index in [1.165, 1.54) is 0 Å². The van der Waals surface area contributed by atoms with Gasteiger partial charge in [-0.1, -0.05) is 19.3 Å². The molecule has 0 radical (unpaired) electrons. The molecule has 1 atom stereocenters. The molecular formula is C16H27NO5. The van der Waals surface area contributed by atoms with Gasteiger partial charge in [0.05, 0.1) is 24.7 Å². The molecule has 1 aliphatic heterocycles. The quantitative estimate of drug-likeness (QED) is 0.667. The Balaban J connectivity index is 1.62. The fourth-order valence-electron chi connectivity index (χ4n) is 3.21. The summed E-state index contributed by atoms with van der Waals surface area (Å²) in [6.07, 6.45) is 6.76. The minimum atomic E-state index is -0.790. The summed E-state index contributed by atoms with van der Waals surface area (Å²) in [7, 11) is 0. The van der Waals surface area contributed by atoms with Gasteiger partial charge >= 0.3 is 5.97 Å². The van der Waals surface area contributed by atoms with Crippen molar-refractivity contribution in [1.29, 1.82) is 0 Å². The summed E-state index contributed by atoms with van der Waals surface area (Å²) in [6.45, 7) is 1.91. The first-order valence-electron chi connectivity index (χ1n) is 8.32. The van der Waals surface area contributed by atoms with E-state index < -0.39 is 11.4 Å². The Hall–Kier alpha value is -1.14. The monoisotopic (exact) mass is 313 g/mol. The summed E-state index contributed by atoms with van der Waals surface area (Å²) in [4.78, 5) is 23.3. The lowest BCUT2D eigenvalue weighted by Crippen LogP contribution is -2.44. The van der Waals surface area contributed by atoms with Gasteiger partial charge in [-0.05, 0) is 25.7 Å². The summed E-state index contributed by atoms with van der Waals surface area (Å²) in [5, 5.41) is 12.2. The minimum Gasteiger partial charge on any atom is -0.481 e. The van der Waals surface area contributed by atoms with Crippen molar-refractivity contribution < 1.29 is 24.2 Å². The number of carbonyl (C=O) groups excluding carboxylic acids is 1. The predicted molar refractivity (Wildman–Crippen MR) is 80.6 cm³/mol. The Labute approximate surface area is 131 Å². The van der Waals surface area contributed by atoms with Gasteiger partial charge in [-0.15, -0.1) is 0 Å². The number of ether oxygens (including phenoxy) is 2. The van der Waals surface area contributed by atoms with Gasteiger partial charge in [-0.25, -0.2) is 0 Å². The highest BCUT2D eigenvalue weighted by Gasteiger charge is 2.39. The molecule has 1 amide bonds. The van der Waals surface area contributed by atoms with Gasteiger partial charge in [-0.2, -0.15) is 0 Å². The topological polar surface area (TPSA) is 84.9 Å². The normalized spacial score (nSPS) is 24.1. The lowest BCUT2D eigenvalue weighted by Gasteiger charge is -2.33. The molecule has 0 aromatic carbocycles. The van der Waals surface area contributed by atoms with E-state index in [-0.39, 0.29) is 25.0 Å². The zero-order chi connectivity index (χ0) is 15.8. The first kappa shape index (κ1) is 17.2. The average Bonchev–Trinajstić information content (AvgIpc) is 3.04. The predicted octanol–water partition coefficient (Wildman–Crippen LogP) is 1.72. The third kappa shape index (κ3) is 4.95. The lowest BCUT2D eigenvalue weighted by atomic mass is 9.74. The van der Waals surface area contributed by atoms with Gasteiger partial charge < -0.3 is 19.9 Å². The van der Waals surface area contributed by atoms with Crippen LogP contribution >= 0.6 is 0 Å². The maximum atomic E-state index is 11.8. The number of amides is 1. The molecular weight excluding hydrogens is 286 g/mol. The van der Waals surface area contributed by atoms with E-state index in [2.05, 4.69) is 5.32 Å². The van der Waals surface area contributed by atoms with Gasteiger partial charge in [-0.3, -0.25) is 9.59 Å². The molecule has 1 unspecified atom stereocenters. The van der Waals surface area contributed by atoms with E-state index in [9.17, 15) is 14.7 Å². The molecule has 2 fully saturated rings. The fraction of sp³-hybridized carbons (Fsp3) is 0.875. The Morgan fingerprint density at radius 2 is 2.00 bits per heavy atom. The van der Waals surface area contributed by atoms with E-state index in [4.69, 9.17) is 9.47 Å². The molecule has 0 aromatic heterocycles. The average molecular weight is 313 g/mol. The lowest BCUT2D eigenvalue weighted by molar-refractivity contribution is -0.151. The van der Waals surface area contributed by atoms with E-state index in [1.54, 1.807) is 0 Å². The number of carboxylic acids is 1. The van der Waals surface area contributed by atoms with Gasteiger partial charge in [0.25, 0.3) is 0 Å². The molecule has 6 nitrogen and oxygen atoms in total. The summed E-state index contributed by atoms with van der Waals surface area (Å²) < 4.78 is 10.9. The molecule has 0 spiro atoms. The van der Waals surface area contributed by atoms with Gasteiger partial charge in [0.1, 0.15) is 0 Å². The van der Waals surface area contributed by atoms with Gasteiger partial charge in [0, 0.05) is 19.6 Å². The summed E-state index contributed by atoms with van der Waals surface area (Å²) in [5.74, 6) is -0.930. The number of carbonyl (C=O) groups is 2. The number of hydrogen-bond donors (Lipinski definition) is 2. The van der Waals surface area contributed by atoms with Crippen molar-refractivity contribution in [3.05, 3.63) is 0 Å². The molecule has 0 aromatic rings. The molecule has 1 saturated carbocycles. The summed E-state index contributed by atoms with van der Waals surface area (Å²) >= 11 is 0. The second kappa shape index (κ2) is 8.48. The summed E-state index contributed by atoms with van der Waals surface area (Å²) in [5.41, 5.74) is -0.771. The van der Waals surface area contributed by atoms with Gasteiger partial charge in [0.15, 0.2) is 0 Å². The van der Waals surface area contributed by atoms with Crippen LogP contribution in [-0.2, 0) is 19.1 Å². The van der Waals surface area contributed by atoms with Crippen molar-refractivity contribution in [2.24, 2.45) is 5.41 Å². The number of carboxylic acid groups (broad SMARTS) is 1. The van der Waals surface area contributed by atoms with Crippen molar-refractivity contribution in [1.82, 2.24) is 5.32 Å². The van der Waals surface area contributed by atoms with Crippen LogP contribution in [-0.4, -0.2) is 49.5 Å². The van der Waals surface area contributed by atoms with Gasteiger partial charge in [0.2, 0.25) is 5.91 Å². The smallest absolute Gasteiger partial charge is 0.311 e. The summed E-state index contributed by atoms with van der Waals surface area (Å²) in [6, 6.07) is 0. The minimum absolute atomic E-state index is 0.140. The van der Waals surface area contributed by atoms with E-state index in [0.29, 0.717) is 26.1 Å². The fourth-order valence-corrected chi connectivity index (χ4v) is 3.21. The molecule has 1 heterocycles. The SMILES string of the molecule is O=C(CCOCC1CCCO1)NCC1(C(=O)O)CCCCC1. The van der Waals surface area contributed by atoms with Crippen LogP contribution in [0.25, 0.3) is 0 Å². The molecule has 1 saturated heterocycles. The van der Waals surface area contributed by atoms with Crippen molar-refractivity contribution in [2.75, 3.05) is 26.4 Å².